The van der Waals surface area contributed by atoms with Crippen LogP contribution >= 0.6 is 0 Å². The summed E-state index contributed by atoms with van der Waals surface area (Å²) in [6, 6.07) is 0. The van der Waals surface area contributed by atoms with E-state index in [0.717, 1.165) is 6.42 Å². The summed E-state index contributed by atoms with van der Waals surface area (Å²) in [7, 11) is 0. The topological polar surface area (TPSA) is 86.2 Å². The molecule has 4 nitrogen and oxygen atoms in total. The van der Waals surface area contributed by atoms with E-state index in [-0.39, 0.29) is 5.92 Å². The second kappa shape index (κ2) is 5.99. The highest BCUT2D eigenvalue weighted by molar-refractivity contribution is 5.86. The van der Waals surface area contributed by atoms with Crippen LogP contribution in [-0.2, 0) is 9.59 Å². The van der Waals surface area contributed by atoms with E-state index in [4.69, 9.17) is 11.5 Å². The van der Waals surface area contributed by atoms with Crippen LogP contribution in [0.3, 0.4) is 0 Å². The molecule has 72 valence electrons. The number of allylic oxidation sites excluding steroid dienone is 2. The Morgan fingerprint density at radius 3 is 1.77 bits per heavy atom. The molecule has 0 bridgehead atoms. The molecule has 0 aliphatic heterocycles. The molecule has 4 heteroatoms. The van der Waals surface area contributed by atoms with Gasteiger partial charge in [0.25, 0.3) is 0 Å². The first-order chi connectivity index (χ1) is 6.06. The van der Waals surface area contributed by atoms with Gasteiger partial charge in [-0.25, -0.2) is 0 Å². The summed E-state index contributed by atoms with van der Waals surface area (Å²) in [5, 5.41) is 0. The standard InChI is InChI=1S/C9H14N2O2/c1-2-7(3-5-8(10)12)4-6-9(11)13/h3-7H,2H2,1H3,(H2,10,12)(H2,11,13). The molecule has 0 spiro atoms. The third kappa shape index (κ3) is 6.80. The predicted molar refractivity (Wildman–Crippen MR) is 50.4 cm³/mol. The molecule has 0 saturated heterocycles. The van der Waals surface area contributed by atoms with Gasteiger partial charge in [-0.15, -0.1) is 0 Å². The molecular weight excluding hydrogens is 168 g/mol. The van der Waals surface area contributed by atoms with E-state index in [0.29, 0.717) is 0 Å². The number of hydrogen-bond acceptors (Lipinski definition) is 2. The number of primary amides is 2. The van der Waals surface area contributed by atoms with Crippen LogP contribution in [0, 0.1) is 5.92 Å². The summed E-state index contributed by atoms with van der Waals surface area (Å²) >= 11 is 0. The van der Waals surface area contributed by atoms with E-state index in [1.165, 1.54) is 12.2 Å². The second-order valence-corrected chi connectivity index (χ2v) is 2.60. The summed E-state index contributed by atoms with van der Waals surface area (Å²) in [6.07, 6.45) is 6.62. The molecule has 4 N–H and O–H groups in total. The van der Waals surface area contributed by atoms with E-state index in [2.05, 4.69) is 0 Å². The van der Waals surface area contributed by atoms with Crippen LogP contribution in [0.5, 0.6) is 0 Å². The van der Waals surface area contributed by atoms with Crippen LogP contribution < -0.4 is 11.5 Å². The van der Waals surface area contributed by atoms with Crippen molar-refractivity contribution in [3.8, 4) is 0 Å². The van der Waals surface area contributed by atoms with Crippen molar-refractivity contribution in [1.82, 2.24) is 0 Å². The monoisotopic (exact) mass is 182 g/mol. The smallest absolute Gasteiger partial charge is 0.241 e. The maximum Gasteiger partial charge on any atom is 0.241 e. The zero-order chi connectivity index (χ0) is 10.3. The summed E-state index contributed by atoms with van der Waals surface area (Å²) in [4.78, 5) is 20.8. The van der Waals surface area contributed by atoms with E-state index in [1.54, 1.807) is 12.2 Å². The Balaban J connectivity index is 4.19. The summed E-state index contributed by atoms with van der Waals surface area (Å²) in [5.41, 5.74) is 9.82. The van der Waals surface area contributed by atoms with Gasteiger partial charge in [0.1, 0.15) is 0 Å². The molecule has 2 amide bonds. The molecule has 0 heterocycles. The van der Waals surface area contributed by atoms with Crippen molar-refractivity contribution in [2.45, 2.75) is 13.3 Å². The Morgan fingerprint density at radius 1 is 1.15 bits per heavy atom. The molecule has 0 radical (unpaired) electrons. The Labute approximate surface area is 77.3 Å². The van der Waals surface area contributed by atoms with Gasteiger partial charge in [-0.1, -0.05) is 19.1 Å². The Hall–Kier alpha value is -1.58. The van der Waals surface area contributed by atoms with E-state index in [1.807, 2.05) is 6.92 Å². The third-order valence-corrected chi connectivity index (χ3v) is 1.49. The average molecular weight is 182 g/mol. The molecule has 13 heavy (non-hydrogen) atoms. The van der Waals surface area contributed by atoms with Gasteiger partial charge < -0.3 is 11.5 Å². The highest BCUT2D eigenvalue weighted by atomic mass is 16.1. The lowest BCUT2D eigenvalue weighted by atomic mass is 10.1. The Bertz CT molecular complexity index is 220. The fourth-order valence-corrected chi connectivity index (χ4v) is 0.773. The maximum absolute atomic E-state index is 10.4. The normalized spacial score (nSPS) is 13.6. The highest BCUT2D eigenvalue weighted by Crippen LogP contribution is 2.05. The van der Waals surface area contributed by atoms with Crippen molar-refractivity contribution in [3.05, 3.63) is 24.3 Å². The van der Waals surface area contributed by atoms with Gasteiger partial charge in [-0.2, -0.15) is 0 Å². The van der Waals surface area contributed by atoms with E-state index >= 15 is 0 Å². The molecule has 0 saturated carbocycles. The minimum absolute atomic E-state index is 0.0278. The SMILES string of the molecule is CCC(C=CC(N)=O)C=CC(N)=O. The van der Waals surface area contributed by atoms with Crippen molar-refractivity contribution in [2.75, 3.05) is 0 Å². The zero-order valence-electron chi connectivity index (χ0n) is 7.57. The van der Waals surface area contributed by atoms with Crippen LogP contribution in [0.25, 0.3) is 0 Å². The van der Waals surface area contributed by atoms with Crippen molar-refractivity contribution < 1.29 is 9.59 Å². The van der Waals surface area contributed by atoms with Gasteiger partial charge in [0.2, 0.25) is 11.8 Å². The van der Waals surface area contributed by atoms with Gasteiger partial charge in [-0.05, 0) is 24.5 Å². The van der Waals surface area contributed by atoms with Crippen LogP contribution in [0.4, 0.5) is 0 Å². The second-order valence-electron chi connectivity index (χ2n) is 2.60. The lowest BCUT2D eigenvalue weighted by Crippen LogP contribution is -2.08. The van der Waals surface area contributed by atoms with Gasteiger partial charge in [0.05, 0.1) is 0 Å². The molecule has 0 atom stereocenters. The molecule has 0 aliphatic carbocycles. The number of carbonyl (C=O) groups is 2. The minimum atomic E-state index is -0.495. The maximum atomic E-state index is 10.4. The van der Waals surface area contributed by atoms with Crippen LogP contribution in [0.1, 0.15) is 13.3 Å². The highest BCUT2D eigenvalue weighted by Gasteiger charge is 1.96. The first-order valence-corrected chi connectivity index (χ1v) is 4.01. The molecule has 0 aromatic carbocycles. The van der Waals surface area contributed by atoms with Crippen molar-refractivity contribution in [3.63, 3.8) is 0 Å². The minimum Gasteiger partial charge on any atom is -0.366 e. The summed E-state index contributed by atoms with van der Waals surface area (Å²) < 4.78 is 0. The lowest BCUT2D eigenvalue weighted by molar-refractivity contribution is -0.114. The molecule has 0 unspecified atom stereocenters. The molecule has 0 aromatic heterocycles. The van der Waals surface area contributed by atoms with Crippen LogP contribution in [-0.4, -0.2) is 11.8 Å². The summed E-state index contributed by atoms with van der Waals surface area (Å²) in [5.74, 6) is -0.961. The van der Waals surface area contributed by atoms with Crippen LogP contribution in [0.15, 0.2) is 24.3 Å². The van der Waals surface area contributed by atoms with Crippen molar-refractivity contribution in [1.29, 1.82) is 0 Å². The van der Waals surface area contributed by atoms with Crippen LogP contribution in [0.2, 0.25) is 0 Å². The number of hydrogen-bond donors (Lipinski definition) is 2. The number of rotatable bonds is 5. The largest absolute Gasteiger partial charge is 0.366 e. The number of carbonyl (C=O) groups excluding carboxylic acids is 2. The van der Waals surface area contributed by atoms with Crippen molar-refractivity contribution >= 4 is 11.8 Å². The molecule has 0 aromatic rings. The zero-order valence-corrected chi connectivity index (χ0v) is 7.57. The fourth-order valence-electron chi connectivity index (χ4n) is 0.773. The molecule has 0 rings (SSSR count). The van der Waals surface area contributed by atoms with Gasteiger partial charge >= 0.3 is 0 Å². The molecule has 0 fully saturated rings. The first-order valence-electron chi connectivity index (χ1n) is 4.01. The number of amides is 2. The van der Waals surface area contributed by atoms with Gasteiger partial charge in [0, 0.05) is 0 Å². The molecular formula is C9H14N2O2. The summed E-state index contributed by atoms with van der Waals surface area (Å²) in [6.45, 7) is 1.93. The van der Waals surface area contributed by atoms with Crippen molar-refractivity contribution in [2.24, 2.45) is 17.4 Å². The van der Waals surface area contributed by atoms with Gasteiger partial charge in [-0.3, -0.25) is 9.59 Å². The fraction of sp³-hybridized carbons (Fsp3) is 0.333. The Kier molecular flexibility index (Phi) is 5.27. The first kappa shape index (κ1) is 11.4. The lowest BCUT2D eigenvalue weighted by Gasteiger charge is -2.00. The third-order valence-electron chi connectivity index (χ3n) is 1.49. The quantitative estimate of drug-likeness (QED) is 0.590. The van der Waals surface area contributed by atoms with E-state index < -0.39 is 11.8 Å². The van der Waals surface area contributed by atoms with Gasteiger partial charge in [0.15, 0.2) is 0 Å². The number of nitrogens with two attached hydrogens (primary N) is 2. The predicted octanol–water partition coefficient (Wildman–Crippen LogP) is 0.0956. The van der Waals surface area contributed by atoms with E-state index in [9.17, 15) is 9.59 Å². The Morgan fingerprint density at radius 2 is 1.54 bits per heavy atom. The molecule has 0 aliphatic rings. The average Bonchev–Trinajstić information content (AvgIpc) is 2.04.